The highest BCUT2D eigenvalue weighted by Gasteiger charge is 2.14. The van der Waals surface area contributed by atoms with Crippen LogP contribution in [0.3, 0.4) is 0 Å². The van der Waals surface area contributed by atoms with Crippen molar-refractivity contribution in [3.8, 4) is 23.2 Å². The second-order valence-corrected chi connectivity index (χ2v) is 6.01. The number of nitriles is 1. The molecule has 0 atom stereocenters. The number of ether oxygens (including phenoxy) is 1. The molecule has 1 heterocycles. The Balaban J connectivity index is 1.86. The molecule has 3 aromatic rings. The van der Waals surface area contributed by atoms with Crippen molar-refractivity contribution >= 4 is 17.6 Å². The van der Waals surface area contributed by atoms with E-state index in [9.17, 15) is 10.1 Å². The van der Waals surface area contributed by atoms with Gasteiger partial charge in [-0.2, -0.15) is 5.26 Å². The summed E-state index contributed by atoms with van der Waals surface area (Å²) in [7, 11) is 1.81. The number of carboxylic acid groups (broad SMARTS) is 1. The summed E-state index contributed by atoms with van der Waals surface area (Å²) in [5.74, 6) is 0.746. The zero-order chi connectivity index (χ0) is 19.9. The summed E-state index contributed by atoms with van der Waals surface area (Å²) in [5, 5.41) is 26.7. The number of benzene rings is 2. The number of carboxylic acids is 1. The number of nitrogens with zero attached hydrogens (tertiary/aromatic N) is 4. The fraction of sp³-hybridized carbons (Fsp3) is 0.143. The molecule has 0 fully saturated rings. The Morgan fingerprint density at radius 2 is 2.00 bits per heavy atom. The predicted octanol–water partition coefficient (Wildman–Crippen LogP) is 3.40. The van der Waals surface area contributed by atoms with Gasteiger partial charge in [0.05, 0.1) is 18.6 Å². The van der Waals surface area contributed by atoms with Crippen LogP contribution in [0.1, 0.15) is 17.8 Å². The summed E-state index contributed by atoms with van der Waals surface area (Å²) in [6.07, 6.45) is 1.62. The third-order valence-corrected chi connectivity index (χ3v) is 4.02. The van der Waals surface area contributed by atoms with Crippen LogP contribution in [0.5, 0.6) is 5.75 Å². The van der Waals surface area contributed by atoms with E-state index in [2.05, 4.69) is 16.3 Å². The van der Waals surface area contributed by atoms with Gasteiger partial charge in [-0.25, -0.2) is 0 Å². The molecule has 0 radical (unpaired) electrons. The van der Waals surface area contributed by atoms with Gasteiger partial charge >= 0.3 is 5.97 Å². The molecule has 0 aliphatic carbocycles. The summed E-state index contributed by atoms with van der Waals surface area (Å²) in [6.45, 7) is 0.0807. The maximum Gasteiger partial charge on any atom is 0.306 e. The molecule has 1 N–H and O–H groups in total. The number of hydrogen-bond acceptors (Lipinski definition) is 5. The molecule has 0 saturated carbocycles. The number of hydrogen-bond donors (Lipinski definition) is 1. The average molecular weight is 374 g/mol. The van der Waals surface area contributed by atoms with Crippen molar-refractivity contribution in [2.75, 3.05) is 6.61 Å². The average Bonchev–Trinajstić information content (AvgIpc) is 3.08. The summed E-state index contributed by atoms with van der Waals surface area (Å²) in [6, 6.07) is 18.9. The van der Waals surface area contributed by atoms with Gasteiger partial charge in [-0.1, -0.05) is 42.5 Å². The minimum absolute atomic E-state index is 0.0787. The summed E-state index contributed by atoms with van der Waals surface area (Å²) < 4.78 is 7.21. The van der Waals surface area contributed by atoms with Crippen LogP contribution in [-0.4, -0.2) is 32.4 Å². The van der Waals surface area contributed by atoms with Crippen molar-refractivity contribution in [2.24, 2.45) is 7.05 Å². The van der Waals surface area contributed by atoms with Crippen LogP contribution in [0.25, 0.3) is 23.0 Å². The first-order valence-corrected chi connectivity index (χ1v) is 8.60. The van der Waals surface area contributed by atoms with Gasteiger partial charge in [-0.15, -0.1) is 10.2 Å². The zero-order valence-electron chi connectivity index (χ0n) is 15.2. The lowest BCUT2D eigenvalue weighted by Gasteiger charge is -2.06. The first-order chi connectivity index (χ1) is 13.6. The summed E-state index contributed by atoms with van der Waals surface area (Å²) >= 11 is 0. The van der Waals surface area contributed by atoms with E-state index in [1.54, 1.807) is 28.8 Å². The van der Waals surface area contributed by atoms with Crippen LogP contribution < -0.4 is 4.74 Å². The zero-order valence-corrected chi connectivity index (χ0v) is 15.2. The predicted molar refractivity (Wildman–Crippen MR) is 104 cm³/mol. The summed E-state index contributed by atoms with van der Waals surface area (Å²) in [5.41, 5.74) is 2.02. The lowest BCUT2D eigenvalue weighted by atomic mass is 10.1. The number of rotatable bonds is 7. The highest BCUT2D eigenvalue weighted by atomic mass is 16.5. The van der Waals surface area contributed by atoms with E-state index < -0.39 is 5.97 Å². The molecule has 2 aromatic carbocycles. The van der Waals surface area contributed by atoms with Gasteiger partial charge in [0.2, 0.25) is 0 Å². The molecule has 0 aliphatic heterocycles. The number of carbonyl (C=O) groups is 1. The smallest absolute Gasteiger partial charge is 0.306 e. The van der Waals surface area contributed by atoms with E-state index in [0.29, 0.717) is 23.0 Å². The van der Waals surface area contributed by atoms with Crippen molar-refractivity contribution in [3.05, 3.63) is 66.0 Å². The molecular weight excluding hydrogens is 356 g/mol. The Morgan fingerprint density at radius 1 is 1.21 bits per heavy atom. The maximum absolute atomic E-state index is 10.6. The molecule has 28 heavy (non-hydrogen) atoms. The molecule has 0 unspecified atom stereocenters. The molecule has 7 nitrogen and oxygen atoms in total. The van der Waals surface area contributed by atoms with Gasteiger partial charge in [0.25, 0.3) is 0 Å². The molecule has 140 valence electrons. The van der Waals surface area contributed by atoms with Crippen LogP contribution >= 0.6 is 0 Å². The van der Waals surface area contributed by atoms with Gasteiger partial charge in [-0.05, 0) is 23.8 Å². The van der Waals surface area contributed by atoms with Crippen LogP contribution in [0.15, 0.2) is 54.6 Å². The monoisotopic (exact) mass is 374 g/mol. The second kappa shape index (κ2) is 8.64. The molecular formula is C21H18N4O3. The Hall–Kier alpha value is -3.92. The molecule has 0 saturated heterocycles. The normalized spacial score (nSPS) is 11.1. The third kappa shape index (κ3) is 4.43. The van der Waals surface area contributed by atoms with Crippen molar-refractivity contribution < 1.29 is 14.6 Å². The molecule has 0 bridgehead atoms. The van der Waals surface area contributed by atoms with E-state index in [-0.39, 0.29) is 13.0 Å². The first-order valence-electron chi connectivity index (χ1n) is 8.60. The number of aromatic nitrogens is 3. The fourth-order valence-corrected chi connectivity index (χ4v) is 2.67. The largest absolute Gasteiger partial charge is 0.493 e. The quantitative estimate of drug-likeness (QED) is 0.636. The van der Waals surface area contributed by atoms with E-state index in [4.69, 9.17) is 9.84 Å². The van der Waals surface area contributed by atoms with Crippen molar-refractivity contribution in [1.82, 2.24) is 14.8 Å². The summed E-state index contributed by atoms with van der Waals surface area (Å²) in [4.78, 5) is 10.6. The van der Waals surface area contributed by atoms with Gasteiger partial charge in [-0.3, -0.25) is 4.79 Å². The van der Waals surface area contributed by atoms with Crippen LogP contribution in [-0.2, 0) is 11.8 Å². The van der Waals surface area contributed by atoms with E-state index in [1.165, 1.54) is 0 Å². The van der Waals surface area contributed by atoms with Gasteiger partial charge in [0.15, 0.2) is 11.6 Å². The molecule has 3 rings (SSSR count). The van der Waals surface area contributed by atoms with E-state index in [0.717, 1.165) is 11.1 Å². The van der Waals surface area contributed by atoms with Crippen molar-refractivity contribution in [1.29, 1.82) is 5.26 Å². The Bertz CT molecular complexity index is 1050. The van der Waals surface area contributed by atoms with Gasteiger partial charge < -0.3 is 14.4 Å². The minimum atomic E-state index is -0.917. The molecule has 0 amide bonds. The first kappa shape index (κ1) is 18.9. The van der Waals surface area contributed by atoms with Crippen LogP contribution in [0.2, 0.25) is 0 Å². The minimum Gasteiger partial charge on any atom is -0.493 e. The lowest BCUT2D eigenvalue weighted by Crippen LogP contribution is -2.04. The second-order valence-electron chi connectivity index (χ2n) is 6.01. The van der Waals surface area contributed by atoms with Crippen LogP contribution in [0.4, 0.5) is 0 Å². The Morgan fingerprint density at radius 3 is 2.71 bits per heavy atom. The Labute approximate surface area is 162 Å². The SMILES string of the molecule is Cn1c(/C(C#N)=C/c2cccc(OCCC(=O)O)c2)nnc1-c1ccccc1. The standard InChI is InChI=1S/C21H18N4O3/c1-25-20(16-7-3-2-4-8-16)23-24-21(25)17(14-22)12-15-6-5-9-18(13-15)28-11-10-19(26)27/h2-9,12-13H,10-11H2,1H3,(H,26,27)/b17-12+. The number of aliphatic carboxylic acids is 1. The molecule has 7 heteroatoms. The number of allylic oxidation sites excluding steroid dienone is 1. The Kier molecular flexibility index (Phi) is 5.82. The highest BCUT2D eigenvalue weighted by Crippen LogP contribution is 2.23. The third-order valence-electron chi connectivity index (χ3n) is 4.02. The van der Waals surface area contributed by atoms with Crippen molar-refractivity contribution in [2.45, 2.75) is 6.42 Å². The molecule has 0 spiro atoms. The highest BCUT2D eigenvalue weighted by molar-refractivity contribution is 5.87. The van der Waals surface area contributed by atoms with E-state index >= 15 is 0 Å². The fourth-order valence-electron chi connectivity index (χ4n) is 2.67. The lowest BCUT2D eigenvalue weighted by molar-refractivity contribution is -0.137. The van der Waals surface area contributed by atoms with Gasteiger partial charge in [0, 0.05) is 12.6 Å². The maximum atomic E-state index is 10.6. The van der Waals surface area contributed by atoms with Crippen LogP contribution in [0, 0.1) is 11.3 Å². The molecule has 0 aliphatic rings. The van der Waals surface area contributed by atoms with E-state index in [1.807, 2.05) is 43.4 Å². The topological polar surface area (TPSA) is 101 Å². The molecule has 1 aromatic heterocycles. The van der Waals surface area contributed by atoms with Gasteiger partial charge in [0.1, 0.15) is 11.8 Å². The van der Waals surface area contributed by atoms with Crippen molar-refractivity contribution in [3.63, 3.8) is 0 Å².